The van der Waals surface area contributed by atoms with Crippen LogP contribution in [0.3, 0.4) is 0 Å². The number of nitrogens with two attached hydrogens (primary N) is 1. The fraction of sp³-hybridized carbons (Fsp3) is 0.364. The molecule has 1 amide bonds. The number of nitrogen functional groups attached to an aromatic ring is 1. The molecule has 1 aromatic rings. The van der Waals surface area contributed by atoms with E-state index >= 15 is 0 Å². The second-order valence-electron chi connectivity index (χ2n) is 4.12. The Labute approximate surface area is 92.3 Å². The van der Waals surface area contributed by atoms with Crippen molar-refractivity contribution >= 4 is 11.6 Å². The van der Waals surface area contributed by atoms with Crippen LogP contribution in [0.25, 0.3) is 0 Å². The Balaban J connectivity index is 2.15. The minimum atomic E-state index is -0.488. The van der Waals surface area contributed by atoms with E-state index in [4.69, 9.17) is 10.8 Å². The van der Waals surface area contributed by atoms with Crippen molar-refractivity contribution in [3.8, 4) is 0 Å². The summed E-state index contributed by atoms with van der Waals surface area (Å²) >= 11 is 0. The topological polar surface area (TPSA) is 75.4 Å². The monoisotopic (exact) mass is 224 g/mol. The van der Waals surface area contributed by atoms with Crippen LogP contribution in [0, 0.1) is 5.82 Å². The zero-order valence-corrected chi connectivity index (χ0v) is 8.66. The molecule has 0 saturated heterocycles. The Bertz CT molecular complexity index is 430. The van der Waals surface area contributed by atoms with Gasteiger partial charge in [-0.05, 0) is 31.0 Å². The van der Waals surface area contributed by atoms with E-state index in [-0.39, 0.29) is 23.8 Å². The summed E-state index contributed by atoms with van der Waals surface area (Å²) in [5, 5.41) is 11.8. The van der Waals surface area contributed by atoms with Gasteiger partial charge < -0.3 is 16.2 Å². The van der Waals surface area contributed by atoms with Gasteiger partial charge in [-0.3, -0.25) is 4.79 Å². The third kappa shape index (κ3) is 1.99. The summed E-state index contributed by atoms with van der Waals surface area (Å²) in [7, 11) is 0. The van der Waals surface area contributed by atoms with Crippen LogP contribution in [0.1, 0.15) is 23.2 Å². The van der Waals surface area contributed by atoms with Crippen LogP contribution >= 0.6 is 0 Å². The first kappa shape index (κ1) is 10.9. The summed E-state index contributed by atoms with van der Waals surface area (Å²) < 4.78 is 12.8. The zero-order valence-electron chi connectivity index (χ0n) is 8.66. The maximum absolute atomic E-state index is 12.8. The lowest BCUT2D eigenvalue weighted by Crippen LogP contribution is -2.39. The molecule has 1 aromatic carbocycles. The summed E-state index contributed by atoms with van der Waals surface area (Å²) in [5.41, 5.74) is 5.39. The highest BCUT2D eigenvalue weighted by Gasteiger charge is 2.43. The van der Waals surface area contributed by atoms with Gasteiger partial charge in [0.1, 0.15) is 5.82 Å². The van der Waals surface area contributed by atoms with Gasteiger partial charge >= 0.3 is 0 Å². The van der Waals surface area contributed by atoms with E-state index in [2.05, 4.69) is 5.32 Å². The molecule has 0 heterocycles. The fourth-order valence-corrected chi connectivity index (χ4v) is 1.52. The molecule has 16 heavy (non-hydrogen) atoms. The standard InChI is InChI=1S/C11H13FN2O2/c12-7-1-2-8(9(13)5-7)10(16)14-11(6-15)3-4-11/h1-2,5,15H,3-4,6,13H2,(H,14,16). The molecule has 1 aliphatic rings. The second kappa shape index (κ2) is 3.75. The molecule has 0 atom stereocenters. The normalized spacial score (nSPS) is 16.9. The number of carbonyl (C=O) groups is 1. The molecule has 86 valence electrons. The number of benzene rings is 1. The molecule has 1 aliphatic carbocycles. The van der Waals surface area contributed by atoms with E-state index in [1.165, 1.54) is 12.1 Å². The van der Waals surface area contributed by atoms with Crippen molar-refractivity contribution in [1.29, 1.82) is 0 Å². The van der Waals surface area contributed by atoms with Crippen LogP contribution in [0.15, 0.2) is 18.2 Å². The quantitative estimate of drug-likeness (QED) is 0.660. The fourth-order valence-electron chi connectivity index (χ4n) is 1.52. The van der Waals surface area contributed by atoms with Gasteiger partial charge in [-0.25, -0.2) is 4.39 Å². The Morgan fingerprint density at radius 2 is 2.25 bits per heavy atom. The highest BCUT2D eigenvalue weighted by atomic mass is 19.1. The van der Waals surface area contributed by atoms with E-state index in [9.17, 15) is 9.18 Å². The molecule has 1 saturated carbocycles. The van der Waals surface area contributed by atoms with Gasteiger partial charge in [0, 0.05) is 5.69 Å². The number of hydrogen-bond acceptors (Lipinski definition) is 3. The first-order valence-corrected chi connectivity index (χ1v) is 5.05. The average Bonchev–Trinajstić information content (AvgIpc) is 2.98. The van der Waals surface area contributed by atoms with Crippen molar-refractivity contribution in [2.24, 2.45) is 0 Å². The lowest BCUT2D eigenvalue weighted by Gasteiger charge is -2.15. The maximum atomic E-state index is 12.8. The highest BCUT2D eigenvalue weighted by Crippen LogP contribution is 2.35. The third-order valence-electron chi connectivity index (χ3n) is 2.79. The molecule has 0 aromatic heterocycles. The van der Waals surface area contributed by atoms with E-state index in [0.717, 1.165) is 18.9 Å². The summed E-state index contributed by atoms with van der Waals surface area (Å²) in [6.45, 7) is -0.0835. The molecule has 0 unspecified atom stereocenters. The van der Waals surface area contributed by atoms with Crippen LogP contribution in [-0.2, 0) is 0 Å². The van der Waals surface area contributed by atoms with Gasteiger partial charge in [0.15, 0.2) is 0 Å². The molecular weight excluding hydrogens is 211 g/mol. The highest BCUT2D eigenvalue weighted by molar-refractivity contribution is 5.99. The predicted molar refractivity (Wildman–Crippen MR) is 57.3 cm³/mol. The zero-order chi connectivity index (χ0) is 11.8. The Morgan fingerprint density at radius 3 is 2.75 bits per heavy atom. The van der Waals surface area contributed by atoms with Gasteiger partial charge in [-0.2, -0.15) is 0 Å². The molecule has 0 radical (unpaired) electrons. The number of rotatable bonds is 3. The molecule has 0 spiro atoms. The molecular formula is C11H13FN2O2. The first-order valence-electron chi connectivity index (χ1n) is 5.05. The van der Waals surface area contributed by atoms with Crippen LogP contribution in [0.4, 0.5) is 10.1 Å². The van der Waals surface area contributed by atoms with Gasteiger partial charge in [0.25, 0.3) is 5.91 Å². The Hall–Kier alpha value is -1.62. The lowest BCUT2D eigenvalue weighted by atomic mass is 10.1. The minimum absolute atomic E-state index is 0.0835. The third-order valence-corrected chi connectivity index (χ3v) is 2.79. The average molecular weight is 224 g/mol. The van der Waals surface area contributed by atoms with Gasteiger partial charge in [0.2, 0.25) is 0 Å². The number of halogens is 1. The molecule has 0 bridgehead atoms. The van der Waals surface area contributed by atoms with Crippen molar-refractivity contribution in [3.05, 3.63) is 29.6 Å². The molecule has 5 heteroatoms. The van der Waals surface area contributed by atoms with Crippen molar-refractivity contribution < 1.29 is 14.3 Å². The number of nitrogens with one attached hydrogen (secondary N) is 1. The van der Waals surface area contributed by atoms with Crippen LogP contribution in [-0.4, -0.2) is 23.2 Å². The smallest absolute Gasteiger partial charge is 0.253 e. The van der Waals surface area contributed by atoms with E-state index in [0.29, 0.717) is 0 Å². The SMILES string of the molecule is Nc1cc(F)ccc1C(=O)NC1(CO)CC1. The number of aliphatic hydroxyl groups excluding tert-OH is 1. The van der Waals surface area contributed by atoms with Gasteiger partial charge in [0.05, 0.1) is 17.7 Å². The van der Waals surface area contributed by atoms with Crippen LogP contribution in [0.5, 0.6) is 0 Å². The molecule has 4 nitrogen and oxygen atoms in total. The Kier molecular flexibility index (Phi) is 2.55. The minimum Gasteiger partial charge on any atom is -0.398 e. The van der Waals surface area contributed by atoms with Crippen LogP contribution < -0.4 is 11.1 Å². The maximum Gasteiger partial charge on any atom is 0.253 e. The van der Waals surface area contributed by atoms with Gasteiger partial charge in [-0.1, -0.05) is 0 Å². The Morgan fingerprint density at radius 1 is 1.56 bits per heavy atom. The van der Waals surface area contributed by atoms with E-state index in [1.807, 2.05) is 0 Å². The summed E-state index contributed by atoms with van der Waals surface area (Å²) in [6.07, 6.45) is 1.52. The van der Waals surface area contributed by atoms with Crippen molar-refractivity contribution in [1.82, 2.24) is 5.32 Å². The van der Waals surface area contributed by atoms with Gasteiger partial charge in [-0.15, -0.1) is 0 Å². The summed E-state index contributed by atoms with van der Waals surface area (Å²) in [6, 6.07) is 3.63. The number of hydrogen-bond donors (Lipinski definition) is 3. The second-order valence-corrected chi connectivity index (χ2v) is 4.12. The number of anilines is 1. The van der Waals surface area contributed by atoms with E-state index < -0.39 is 11.4 Å². The summed E-state index contributed by atoms with van der Waals surface area (Å²) in [4.78, 5) is 11.8. The van der Waals surface area contributed by atoms with Crippen LogP contribution in [0.2, 0.25) is 0 Å². The largest absolute Gasteiger partial charge is 0.398 e. The molecule has 1 fully saturated rings. The van der Waals surface area contributed by atoms with Crippen molar-refractivity contribution in [2.45, 2.75) is 18.4 Å². The van der Waals surface area contributed by atoms with Crippen molar-refractivity contribution in [3.63, 3.8) is 0 Å². The van der Waals surface area contributed by atoms with Crippen molar-refractivity contribution in [2.75, 3.05) is 12.3 Å². The van der Waals surface area contributed by atoms with E-state index in [1.54, 1.807) is 0 Å². The molecule has 4 N–H and O–H groups in total. The lowest BCUT2D eigenvalue weighted by molar-refractivity contribution is 0.0907. The number of carbonyl (C=O) groups excluding carboxylic acids is 1. The molecule has 2 rings (SSSR count). The first-order chi connectivity index (χ1) is 7.56. The number of aliphatic hydroxyl groups is 1. The molecule has 0 aliphatic heterocycles. The summed E-state index contributed by atoms with van der Waals surface area (Å²) in [5.74, 6) is -0.846. The number of amides is 1. The predicted octanol–water partition coefficient (Wildman–Crippen LogP) is 0.663.